The molecule has 0 bridgehead atoms. The number of nitriles is 1. The second-order valence-corrected chi connectivity index (χ2v) is 7.20. The first-order chi connectivity index (χ1) is 12.3. The molecular formula is C13H12FN7O3S2. The molecule has 0 aliphatic rings. The lowest BCUT2D eigenvalue weighted by Crippen LogP contribution is -2.38. The quantitative estimate of drug-likeness (QED) is 0.207. The molecule has 0 aliphatic heterocycles. The number of sulfonamides is 1. The molecule has 2 rings (SSSR count). The van der Waals surface area contributed by atoms with E-state index in [1.165, 1.54) is 17.9 Å². The molecule has 0 atom stereocenters. The van der Waals surface area contributed by atoms with Crippen LogP contribution in [0.3, 0.4) is 0 Å². The number of carbonyl (C=O) groups is 1. The fraction of sp³-hybridized carbons (Fsp3) is 0.0769. The molecule has 13 heteroatoms. The molecule has 0 radical (unpaired) electrons. The van der Waals surface area contributed by atoms with Gasteiger partial charge in [-0.05, 0) is 18.2 Å². The van der Waals surface area contributed by atoms with Crippen molar-refractivity contribution in [1.29, 1.82) is 10.7 Å². The first kappa shape index (κ1) is 19.1. The largest absolute Gasteiger partial charge is 0.347 e. The van der Waals surface area contributed by atoms with Crippen molar-refractivity contribution in [2.45, 2.75) is 4.90 Å². The van der Waals surface area contributed by atoms with Gasteiger partial charge in [0.05, 0.1) is 28.8 Å². The van der Waals surface area contributed by atoms with Gasteiger partial charge in [-0.25, -0.2) is 12.8 Å². The van der Waals surface area contributed by atoms with Crippen LogP contribution in [0.2, 0.25) is 0 Å². The zero-order valence-electron chi connectivity index (χ0n) is 12.9. The van der Waals surface area contributed by atoms with E-state index in [4.69, 9.17) is 10.7 Å². The monoisotopic (exact) mass is 397 g/mol. The molecule has 5 N–H and O–H groups in total. The van der Waals surface area contributed by atoms with Crippen molar-refractivity contribution in [2.24, 2.45) is 0 Å². The summed E-state index contributed by atoms with van der Waals surface area (Å²) in [6, 6.07) is 3.01. The van der Waals surface area contributed by atoms with E-state index in [0.29, 0.717) is 0 Å². The van der Waals surface area contributed by atoms with Crippen LogP contribution in [0.5, 0.6) is 0 Å². The molecule has 26 heavy (non-hydrogen) atoms. The van der Waals surface area contributed by atoms with Crippen LogP contribution in [-0.4, -0.2) is 31.8 Å². The normalized spacial score (nSPS) is 10.5. The van der Waals surface area contributed by atoms with Crippen molar-refractivity contribution in [1.82, 2.24) is 15.6 Å². The number of aromatic nitrogens is 1. The Hall–Kier alpha value is -3.24. The van der Waals surface area contributed by atoms with Crippen LogP contribution in [-0.2, 0) is 14.8 Å². The number of benzene rings is 1. The van der Waals surface area contributed by atoms with Gasteiger partial charge in [0.25, 0.3) is 10.0 Å². The van der Waals surface area contributed by atoms with Crippen LogP contribution < -0.4 is 20.7 Å². The van der Waals surface area contributed by atoms with E-state index in [1.54, 1.807) is 0 Å². The summed E-state index contributed by atoms with van der Waals surface area (Å²) < 4.78 is 40.7. The molecule has 1 aromatic heterocycles. The molecule has 0 fully saturated rings. The van der Waals surface area contributed by atoms with Crippen molar-refractivity contribution in [2.75, 3.05) is 16.6 Å². The van der Waals surface area contributed by atoms with Crippen LogP contribution in [0.1, 0.15) is 0 Å². The number of rotatable bonds is 6. The lowest BCUT2D eigenvalue weighted by Gasteiger charge is -2.10. The molecule has 1 heterocycles. The number of guanidine groups is 1. The number of nitrogens with one attached hydrogen (secondary N) is 5. The first-order valence-electron chi connectivity index (χ1n) is 6.80. The third-order valence-electron chi connectivity index (χ3n) is 2.80. The van der Waals surface area contributed by atoms with Gasteiger partial charge in [-0.2, -0.15) is 5.26 Å². The van der Waals surface area contributed by atoms with Crippen LogP contribution in [0.15, 0.2) is 34.8 Å². The van der Waals surface area contributed by atoms with Gasteiger partial charge in [-0.1, -0.05) is 0 Å². The van der Waals surface area contributed by atoms with E-state index < -0.39 is 27.7 Å². The van der Waals surface area contributed by atoms with Crippen molar-refractivity contribution < 1.29 is 17.6 Å². The molecule has 1 aromatic carbocycles. The predicted octanol–water partition coefficient (Wildman–Crippen LogP) is 0.617. The average molecular weight is 397 g/mol. The van der Waals surface area contributed by atoms with Gasteiger partial charge in [0.15, 0.2) is 6.19 Å². The Morgan fingerprint density at radius 3 is 2.81 bits per heavy atom. The molecule has 0 saturated heterocycles. The number of nitrogens with zero attached hydrogens (tertiary/aromatic N) is 2. The molecule has 136 valence electrons. The number of thiazole rings is 1. The minimum absolute atomic E-state index is 0.228. The van der Waals surface area contributed by atoms with Crippen LogP contribution >= 0.6 is 11.3 Å². The molecule has 0 unspecified atom stereocenters. The van der Waals surface area contributed by atoms with Crippen molar-refractivity contribution in [3.05, 3.63) is 35.7 Å². The van der Waals surface area contributed by atoms with Gasteiger partial charge in [0.2, 0.25) is 11.9 Å². The summed E-state index contributed by atoms with van der Waals surface area (Å²) in [5.74, 6) is -2.03. The number of halogens is 1. The Kier molecular flexibility index (Phi) is 6.04. The Labute approximate surface area is 151 Å². The van der Waals surface area contributed by atoms with Crippen LogP contribution in [0.4, 0.5) is 15.1 Å². The lowest BCUT2D eigenvalue weighted by molar-refractivity contribution is -0.115. The summed E-state index contributed by atoms with van der Waals surface area (Å²) >= 11 is 1.07. The highest BCUT2D eigenvalue weighted by Crippen LogP contribution is 2.22. The zero-order chi connectivity index (χ0) is 19.2. The summed E-state index contributed by atoms with van der Waals surface area (Å²) in [6.45, 7) is -0.389. The summed E-state index contributed by atoms with van der Waals surface area (Å²) in [5, 5.41) is 22.3. The van der Waals surface area contributed by atoms with E-state index in [1.807, 2.05) is 5.32 Å². The second-order valence-electron chi connectivity index (χ2n) is 4.63. The third kappa shape index (κ3) is 5.13. The third-order valence-corrected chi connectivity index (χ3v) is 4.98. The van der Waals surface area contributed by atoms with E-state index in [2.05, 4.69) is 20.3 Å². The van der Waals surface area contributed by atoms with E-state index in [0.717, 1.165) is 29.5 Å². The number of anilines is 2. The number of hydrogen-bond donors (Lipinski definition) is 5. The van der Waals surface area contributed by atoms with Gasteiger partial charge < -0.3 is 10.6 Å². The van der Waals surface area contributed by atoms with Crippen molar-refractivity contribution in [3.8, 4) is 6.19 Å². The molecule has 0 spiro atoms. The van der Waals surface area contributed by atoms with Gasteiger partial charge >= 0.3 is 0 Å². The smallest absolute Gasteiger partial charge is 0.262 e. The first-order valence-corrected chi connectivity index (χ1v) is 9.16. The standard InChI is InChI=1S/C13H12FN7O3S2/c14-9-3-8(26(23,24)21-12-5-17-7-25-12)1-2-10(9)20-11(22)4-18-13(16)19-6-15/h1-3,5,7,21H,4H2,(H,20,22)(H3,16,18,19). The predicted molar refractivity (Wildman–Crippen MR) is 92.4 cm³/mol. The van der Waals surface area contributed by atoms with Crippen molar-refractivity contribution >= 4 is 43.9 Å². The minimum atomic E-state index is -3.99. The fourth-order valence-electron chi connectivity index (χ4n) is 1.69. The summed E-state index contributed by atoms with van der Waals surface area (Å²) in [4.78, 5) is 15.1. The van der Waals surface area contributed by atoms with Gasteiger partial charge in [-0.15, -0.1) is 11.3 Å². The SMILES string of the molecule is N#CNC(=N)NCC(=O)Nc1ccc(S(=O)(=O)Nc2cncs2)cc1F. The summed E-state index contributed by atoms with van der Waals surface area (Å²) in [6.07, 6.45) is 2.81. The highest BCUT2D eigenvalue weighted by Gasteiger charge is 2.18. The molecule has 2 aromatic rings. The number of hydrogen-bond acceptors (Lipinski definition) is 7. The minimum Gasteiger partial charge on any atom is -0.347 e. The molecule has 10 nitrogen and oxygen atoms in total. The van der Waals surface area contributed by atoms with Gasteiger partial charge in [-0.3, -0.25) is 25.2 Å². The molecular weight excluding hydrogens is 385 g/mol. The van der Waals surface area contributed by atoms with Crippen LogP contribution in [0, 0.1) is 22.7 Å². The van der Waals surface area contributed by atoms with E-state index >= 15 is 0 Å². The zero-order valence-corrected chi connectivity index (χ0v) is 14.5. The Balaban J connectivity index is 2.04. The van der Waals surface area contributed by atoms with Crippen LogP contribution in [0.25, 0.3) is 0 Å². The summed E-state index contributed by atoms with van der Waals surface area (Å²) in [7, 11) is -3.99. The van der Waals surface area contributed by atoms with E-state index in [9.17, 15) is 17.6 Å². The molecule has 0 saturated carbocycles. The van der Waals surface area contributed by atoms with E-state index in [-0.39, 0.29) is 22.1 Å². The molecule has 1 amide bonds. The Morgan fingerprint density at radius 2 is 2.19 bits per heavy atom. The topological polar surface area (TPSA) is 160 Å². The maximum Gasteiger partial charge on any atom is 0.262 e. The van der Waals surface area contributed by atoms with Gasteiger partial charge in [0.1, 0.15) is 10.8 Å². The molecule has 0 aliphatic carbocycles. The van der Waals surface area contributed by atoms with Gasteiger partial charge in [0, 0.05) is 0 Å². The highest BCUT2D eigenvalue weighted by molar-refractivity contribution is 7.93. The fourth-order valence-corrected chi connectivity index (χ4v) is 3.50. The summed E-state index contributed by atoms with van der Waals surface area (Å²) in [5.41, 5.74) is 1.21. The Bertz CT molecular complexity index is 955. The number of amides is 1. The number of carbonyl (C=O) groups excluding carboxylic acids is 1. The Morgan fingerprint density at radius 1 is 1.42 bits per heavy atom. The highest BCUT2D eigenvalue weighted by atomic mass is 32.2. The lowest BCUT2D eigenvalue weighted by atomic mass is 10.3. The second kappa shape index (κ2) is 8.23. The van der Waals surface area contributed by atoms with Crippen molar-refractivity contribution in [3.63, 3.8) is 0 Å². The maximum atomic E-state index is 14.1. The maximum absolute atomic E-state index is 14.1. The average Bonchev–Trinajstić information content (AvgIpc) is 3.07.